The maximum absolute atomic E-state index is 10.5. The first-order valence-corrected chi connectivity index (χ1v) is 5.55. The summed E-state index contributed by atoms with van der Waals surface area (Å²) in [6.07, 6.45) is 6.75. The molecular weight excluding hydrogens is 176 g/mol. The minimum Gasteiger partial charge on any atom is -0.501 e. The predicted octanol–water partition coefficient (Wildman–Crippen LogP) is 2.62. The lowest BCUT2D eigenvalue weighted by Crippen LogP contribution is -2.30. The highest BCUT2D eigenvalue weighted by Gasteiger charge is 2.44. The Hall–Kier alpha value is -0.500. The van der Waals surface area contributed by atoms with E-state index in [9.17, 15) is 5.11 Å². The molecule has 0 aromatic carbocycles. The molecule has 1 unspecified atom stereocenters. The fourth-order valence-electron chi connectivity index (χ4n) is 2.69. The molecule has 1 fully saturated rings. The smallest absolute Gasteiger partial charge is 0.0894 e. The van der Waals surface area contributed by atoms with Crippen molar-refractivity contribution < 1.29 is 9.84 Å². The van der Waals surface area contributed by atoms with Gasteiger partial charge in [-0.15, -0.1) is 0 Å². The van der Waals surface area contributed by atoms with Crippen LogP contribution < -0.4 is 0 Å². The van der Waals surface area contributed by atoms with Crippen LogP contribution in [0.15, 0.2) is 11.8 Å². The van der Waals surface area contributed by atoms with E-state index in [0.717, 1.165) is 44.3 Å². The number of ether oxygens (including phenoxy) is 1. The van der Waals surface area contributed by atoms with E-state index in [-0.39, 0.29) is 5.41 Å². The molecule has 1 atom stereocenters. The first-order valence-electron chi connectivity index (χ1n) is 5.55. The summed E-state index contributed by atoms with van der Waals surface area (Å²) in [4.78, 5) is 0. The van der Waals surface area contributed by atoms with Gasteiger partial charge in [0.1, 0.15) is 0 Å². The van der Waals surface area contributed by atoms with Crippen molar-refractivity contribution in [3.05, 3.63) is 11.8 Å². The Morgan fingerprint density at radius 1 is 1.36 bits per heavy atom. The van der Waals surface area contributed by atoms with Crippen molar-refractivity contribution >= 4 is 0 Å². The van der Waals surface area contributed by atoms with E-state index in [1.807, 2.05) is 0 Å². The summed E-state index contributed by atoms with van der Waals surface area (Å²) in [7, 11) is 0. The SMILES string of the molecule is CC1(C)CCC(O)(C2=COCCC2)C1. The third kappa shape index (κ3) is 1.81. The quantitative estimate of drug-likeness (QED) is 0.698. The van der Waals surface area contributed by atoms with Crippen LogP contribution in [-0.2, 0) is 4.74 Å². The first-order chi connectivity index (χ1) is 6.52. The Kier molecular flexibility index (Phi) is 2.34. The molecule has 0 bridgehead atoms. The van der Waals surface area contributed by atoms with Gasteiger partial charge in [-0.1, -0.05) is 13.8 Å². The normalized spacial score (nSPS) is 36.4. The summed E-state index contributed by atoms with van der Waals surface area (Å²) in [5.41, 5.74) is 0.839. The zero-order valence-corrected chi connectivity index (χ0v) is 9.18. The van der Waals surface area contributed by atoms with Gasteiger partial charge in [0.2, 0.25) is 0 Å². The van der Waals surface area contributed by atoms with Crippen LogP contribution >= 0.6 is 0 Å². The fourth-order valence-corrected chi connectivity index (χ4v) is 2.69. The van der Waals surface area contributed by atoms with Gasteiger partial charge < -0.3 is 9.84 Å². The van der Waals surface area contributed by atoms with Crippen molar-refractivity contribution in [3.63, 3.8) is 0 Å². The second kappa shape index (κ2) is 3.27. The van der Waals surface area contributed by atoms with Crippen LogP contribution in [0.2, 0.25) is 0 Å². The van der Waals surface area contributed by atoms with Crippen molar-refractivity contribution in [1.82, 2.24) is 0 Å². The van der Waals surface area contributed by atoms with Crippen LogP contribution in [-0.4, -0.2) is 17.3 Å². The zero-order chi connectivity index (χ0) is 10.2. The van der Waals surface area contributed by atoms with Gasteiger partial charge in [-0.2, -0.15) is 0 Å². The third-order valence-electron chi connectivity index (χ3n) is 3.52. The van der Waals surface area contributed by atoms with E-state index >= 15 is 0 Å². The molecule has 2 nitrogen and oxygen atoms in total. The van der Waals surface area contributed by atoms with E-state index < -0.39 is 5.60 Å². The highest BCUT2D eigenvalue weighted by molar-refractivity contribution is 5.19. The number of hydrogen-bond donors (Lipinski definition) is 1. The largest absolute Gasteiger partial charge is 0.501 e. The van der Waals surface area contributed by atoms with Crippen molar-refractivity contribution in [2.24, 2.45) is 5.41 Å². The summed E-state index contributed by atoms with van der Waals surface area (Å²) in [6.45, 7) is 5.27. The summed E-state index contributed by atoms with van der Waals surface area (Å²) in [5, 5.41) is 10.5. The molecule has 1 saturated carbocycles. The zero-order valence-electron chi connectivity index (χ0n) is 9.18. The lowest BCUT2D eigenvalue weighted by molar-refractivity contribution is 0.0593. The molecule has 2 heteroatoms. The van der Waals surface area contributed by atoms with Crippen LogP contribution in [0.4, 0.5) is 0 Å². The van der Waals surface area contributed by atoms with Crippen molar-refractivity contribution in [1.29, 1.82) is 0 Å². The van der Waals surface area contributed by atoms with Gasteiger partial charge in [-0.25, -0.2) is 0 Å². The number of rotatable bonds is 1. The van der Waals surface area contributed by atoms with E-state index in [4.69, 9.17) is 4.74 Å². The Labute approximate surface area is 86.0 Å². The van der Waals surface area contributed by atoms with Gasteiger partial charge in [0.05, 0.1) is 18.5 Å². The van der Waals surface area contributed by atoms with Crippen molar-refractivity contribution in [2.75, 3.05) is 6.61 Å². The van der Waals surface area contributed by atoms with Gasteiger partial charge in [-0.05, 0) is 43.1 Å². The van der Waals surface area contributed by atoms with Crippen LogP contribution in [0.25, 0.3) is 0 Å². The number of hydrogen-bond acceptors (Lipinski definition) is 2. The highest BCUT2D eigenvalue weighted by Crippen LogP contribution is 2.48. The van der Waals surface area contributed by atoms with Crippen molar-refractivity contribution in [3.8, 4) is 0 Å². The van der Waals surface area contributed by atoms with E-state index in [1.165, 1.54) is 0 Å². The molecule has 14 heavy (non-hydrogen) atoms. The lowest BCUT2D eigenvalue weighted by atomic mass is 9.84. The molecule has 0 saturated heterocycles. The molecule has 1 N–H and O–H groups in total. The average Bonchev–Trinajstić information content (AvgIpc) is 2.44. The predicted molar refractivity (Wildman–Crippen MR) is 55.9 cm³/mol. The Morgan fingerprint density at radius 2 is 2.14 bits per heavy atom. The summed E-state index contributed by atoms with van der Waals surface area (Å²) < 4.78 is 5.31. The van der Waals surface area contributed by atoms with Crippen LogP contribution in [0.1, 0.15) is 46.0 Å². The van der Waals surface area contributed by atoms with Crippen molar-refractivity contribution in [2.45, 2.75) is 51.6 Å². The molecule has 0 amide bonds. The van der Waals surface area contributed by atoms with Gasteiger partial charge in [-0.3, -0.25) is 0 Å². The Bertz CT molecular complexity index is 255. The van der Waals surface area contributed by atoms with Gasteiger partial charge in [0.25, 0.3) is 0 Å². The van der Waals surface area contributed by atoms with E-state index in [2.05, 4.69) is 13.8 Å². The molecule has 0 aromatic rings. The molecular formula is C12H20O2. The summed E-state index contributed by atoms with van der Waals surface area (Å²) in [5.74, 6) is 0. The first kappa shape index (κ1) is 10.0. The monoisotopic (exact) mass is 196 g/mol. The molecule has 0 radical (unpaired) electrons. The molecule has 2 aliphatic rings. The topological polar surface area (TPSA) is 29.5 Å². The molecule has 1 aliphatic heterocycles. The van der Waals surface area contributed by atoms with Gasteiger partial charge in [0.15, 0.2) is 0 Å². The fraction of sp³-hybridized carbons (Fsp3) is 0.833. The number of aliphatic hydroxyl groups is 1. The van der Waals surface area contributed by atoms with E-state index in [1.54, 1.807) is 6.26 Å². The van der Waals surface area contributed by atoms with Crippen LogP contribution in [0.5, 0.6) is 0 Å². The molecule has 1 aliphatic carbocycles. The third-order valence-corrected chi connectivity index (χ3v) is 3.52. The maximum Gasteiger partial charge on any atom is 0.0894 e. The van der Waals surface area contributed by atoms with Crippen LogP contribution in [0.3, 0.4) is 0 Å². The van der Waals surface area contributed by atoms with E-state index in [0.29, 0.717) is 0 Å². The molecule has 2 rings (SSSR count). The molecule has 1 heterocycles. The minimum atomic E-state index is -0.566. The molecule has 0 spiro atoms. The maximum atomic E-state index is 10.5. The average molecular weight is 196 g/mol. The highest BCUT2D eigenvalue weighted by atomic mass is 16.5. The minimum absolute atomic E-state index is 0.285. The van der Waals surface area contributed by atoms with Crippen LogP contribution in [0, 0.1) is 5.41 Å². The Balaban J connectivity index is 2.13. The summed E-state index contributed by atoms with van der Waals surface area (Å²) >= 11 is 0. The second-order valence-electron chi connectivity index (χ2n) is 5.49. The standard InChI is InChI=1S/C12H20O2/c1-11(2)5-6-12(13,9-11)10-4-3-7-14-8-10/h8,13H,3-7,9H2,1-2H3. The lowest BCUT2D eigenvalue weighted by Gasteiger charge is -2.29. The molecule has 80 valence electrons. The van der Waals surface area contributed by atoms with Gasteiger partial charge in [0, 0.05) is 0 Å². The Morgan fingerprint density at radius 3 is 2.64 bits per heavy atom. The molecule has 0 aromatic heterocycles. The van der Waals surface area contributed by atoms with Gasteiger partial charge >= 0.3 is 0 Å². The summed E-state index contributed by atoms with van der Waals surface area (Å²) in [6, 6.07) is 0. The second-order valence-corrected chi connectivity index (χ2v) is 5.49.